The number of amides is 1. The van der Waals surface area contributed by atoms with Gasteiger partial charge in [-0.05, 0) is 18.2 Å². The molecule has 0 unspecified atom stereocenters. The van der Waals surface area contributed by atoms with Gasteiger partial charge in [0.05, 0.1) is 12.7 Å². The van der Waals surface area contributed by atoms with Gasteiger partial charge >= 0.3 is 0 Å². The van der Waals surface area contributed by atoms with Crippen LogP contribution in [0.1, 0.15) is 10.4 Å². The van der Waals surface area contributed by atoms with Gasteiger partial charge < -0.3 is 5.32 Å². The summed E-state index contributed by atoms with van der Waals surface area (Å²) in [4.78, 5) is 11.8. The number of nitrogens with one attached hydrogen (secondary N) is 1. The van der Waals surface area contributed by atoms with Crippen LogP contribution in [0.5, 0.6) is 0 Å². The number of carbonyl (C=O) groups is 1. The van der Waals surface area contributed by atoms with Gasteiger partial charge in [-0.15, -0.1) is 5.10 Å². The van der Waals surface area contributed by atoms with Crippen LogP contribution in [0.25, 0.3) is 0 Å². The Morgan fingerprint density at radius 1 is 1.44 bits per heavy atom. The van der Waals surface area contributed by atoms with Gasteiger partial charge in [0.1, 0.15) is 0 Å². The zero-order valence-electron chi connectivity index (χ0n) is 9.31. The lowest BCUT2D eigenvalue weighted by Gasteiger charge is -2.06. The van der Waals surface area contributed by atoms with E-state index in [1.165, 1.54) is 0 Å². The Morgan fingerprint density at radius 2 is 2.28 bits per heavy atom. The quantitative estimate of drug-likeness (QED) is 0.935. The molecule has 0 saturated carbocycles. The second-order valence-electron chi connectivity index (χ2n) is 3.58. The first kappa shape index (κ1) is 13.0. The van der Waals surface area contributed by atoms with E-state index < -0.39 is 0 Å². The van der Waals surface area contributed by atoms with Crippen LogP contribution in [0.4, 0.5) is 0 Å². The summed E-state index contributed by atoms with van der Waals surface area (Å²) in [6.45, 7) is 1.06. The smallest absolute Gasteiger partial charge is 0.251 e. The maximum atomic E-state index is 11.8. The molecule has 1 amide bonds. The van der Waals surface area contributed by atoms with Crippen molar-refractivity contribution in [3.63, 3.8) is 0 Å². The van der Waals surface area contributed by atoms with Crippen LogP contribution in [0.3, 0.4) is 0 Å². The topological polar surface area (TPSA) is 59.8 Å². The lowest BCUT2D eigenvalue weighted by molar-refractivity contribution is 0.0952. The number of hydrogen-bond acceptors (Lipinski definition) is 3. The Balaban J connectivity index is 1.91. The van der Waals surface area contributed by atoms with Crippen LogP contribution in [0.15, 0.2) is 35.1 Å². The summed E-state index contributed by atoms with van der Waals surface area (Å²) < 4.78 is 2.42. The molecule has 0 aliphatic carbocycles. The maximum Gasteiger partial charge on any atom is 0.251 e. The summed E-state index contributed by atoms with van der Waals surface area (Å²) in [5.74, 6) is -0.168. The summed E-state index contributed by atoms with van der Waals surface area (Å²) in [5, 5.41) is 10.8. The van der Waals surface area contributed by atoms with Crippen molar-refractivity contribution in [2.75, 3.05) is 6.54 Å². The number of benzene rings is 1. The molecule has 0 saturated heterocycles. The van der Waals surface area contributed by atoms with Crippen LogP contribution in [-0.2, 0) is 6.54 Å². The van der Waals surface area contributed by atoms with Gasteiger partial charge in [0.15, 0.2) is 0 Å². The number of nitrogens with zero attached hydrogens (tertiary/aromatic N) is 3. The third kappa shape index (κ3) is 3.54. The molecule has 18 heavy (non-hydrogen) atoms. The van der Waals surface area contributed by atoms with E-state index in [0.29, 0.717) is 23.7 Å². The second kappa shape index (κ2) is 5.97. The predicted molar refractivity (Wildman–Crippen MR) is 71.5 cm³/mol. The number of hydrogen-bond donors (Lipinski definition) is 1. The molecule has 7 heteroatoms. The molecule has 1 N–H and O–H groups in total. The Kier molecular flexibility index (Phi) is 4.33. The molecular formula is C11H10BrClN4O. The highest BCUT2D eigenvalue weighted by atomic mass is 79.9. The van der Waals surface area contributed by atoms with Crippen LogP contribution in [0.2, 0.25) is 5.02 Å². The lowest BCUT2D eigenvalue weighted by atomic mass is 10.2. The van der Waals surface area contributed by atoms with Crippen molar-refractivity contribution in [1.82, 2.24) is 20.3 Å². The van der Waals surface area contributed by atoms with Crippen LogP contribution < -0.4 is 5.32 Å². The second-order valence-corrected chi connectivity index (χ2v) is 4.93. The van der Waals surface area contributed by atoms with Crippen molar-refractivity contribution >= 4 is 33.4 Å². The first-order valence-electron chi connectivity index (χ1n) is 5.23. The molecule has 2 aromatic rings. The minimum absolute atomic E-state index is 0.168. The highest BCUT2D eigenvalue weighted by Gasteiger charge is 2.07. The van der Waals surface area contributed by atoms with Crippen molar-refractivity contribution in [3.05, 3.63) is 45.7 Å². The van der Waals surface area contributed by atoms with E-state index in [9.17, 15) is 4.79 Å². The molecule has 0 aliphatic heterocycles. The van der Waals surface area contributed by atoms with E-state index in [1.807, 2.05) is 0 Å². The molecule has 1 heterocycles. The maximum absolute atomic E-state index is 11.8. The minimum atomic E-state index is -0.168. The monoisotopic (exact) mass is 328 g/mol. The van der Waals surface area contributed by atoms with Crippen LogP contribution in [0, 0.1) is 0 Å². The zero-order chi connectivity index (χ0) is 13.0. The average molecular weight is 330 g/mol. The van der Waals surface area contributed by atoms with Gasteiger partial charge in [0.25, 0.3) is 5.91 Å². The summed E-state index contributed by atoms with van der Waals surface area (Å²) in [5.41, 5.74) is 0.521. The van der Waals surface area contributed by atoms with Crippen LogP contribution >= 0.6 is 27.5 Å². The number of aromatic nitrogens is 3. The standard InChI is InChI=1S/C11H10BrClN4O/c12-9-5-8(6-10(13)7-9)11(18)14-1-3-17-4-2-15-16-17/h2,4-7H,1,3H2,(H,14,18). The summed E-state index contributed by atoms with van der Waals surface area (Å²) in [7, 11) is 0. The van der Waals surface area contributed by atoms with Gasteiger partial charge in [0, 0.05) is 27.8 Å². The molecule has 1 aromatic heterocycles. The normalized spacial score (nSPS) is 10.3. The molecule has 5 nitrogen and oxygen atoms in total. The molecule has 0 radical (unpaired) electrons. The molecule has 94 valence electrons. The van der Waals surface area contributed by atoms with E-state index in [4.69, 9.17) is 11.6 Å². The number of carbonyl (C=O) groups excluding carboxylic acids is 1. The molecule has 2 rings (SSSR count). The molecule has 0 spiro atoms. The third-order valence-corrected chi connectivity index (χ3v) is 2.90. The highest BCUT2D eigenvalue weighted by molar-refractivity contribution is 9.10. The van der Waals surface area contributed by atoms with Gasteiger partial charge in [0.2, 0.25) is 0 Å². The van der Waals surface area contributed by atoms with Gasteiger partial charge in [-0.2, -0.15) is 0 Å². The Bertz CT molecular complexity index is 524. The fourth-order valence-electron chi connectivity index (χ4n) is 1.42. The van der Waals surface area contributed by atoms with E-state index in [-0.39, 0.29) is 5.91 Å². The molecule has 0 atom stereocenters. The Hall–Kier alpha value is -1.40. The highest BCUT2D eigenvalue weighted by Crippen LogP contribution is 2.19. The summed E-state index contributed by atoms with van der Waals surface area (Å²) in [6, 6.07) is 5.07. The van der Waals surface area contributed by atoms with E-state index in [0.717, 1.165) is 4.47 Å². The number of halogens is 2. The van der Waals surface area contributed by atoms with E-state index >= 15 is 0 Å². The molecule has 0 aliphatic rings. The summed E-state index contributed by atoms with van der Waals surface area (Å²) in [6.07, 6.45) is 3.33. The molecule has 0 bridgehead atoms. The number of rotatable bonds is 4. The van der Waals surface area contributed by atoms with Gasteiger partial charge in [-0.25, -0.2) is 0 Å². The Morgan fingerprint density at radius 3 is 2.94 bits per heavy atom. The van der Waals surface area contributed by atoms with Crippen molar-refractivity contribution in [1.29, 1.82) is 0 Å². The van der Waals surface area contributed by atoms with Crippen molar-refractivity contribution in [2.24, 2.45) is 0 Å². The van der Waals surface area contributed by atoms with E-state index in [1.54, 1.807) is 35.3 Å². The SMILES string of the molecule is O=C(NCCn1ccnn1)c1cc(Cl)cc(Br)c1. The fraction of sp³-hybridized carbons (Fsp3) is 0.182. The lowest BCUT2D eigenvalue weighted by Crippen LogP contribution is -2.27. The average Bonchev–Trinajstić information content (AvgIpc) is 2.80. The molecule has 0 fully saturated rings. The fourth-order valence-corrected chi connectivity index (χ4v) is 2.28. The van der Waals surface area contributed by atoms with E-state index in [2.05, 4.69) is 31.6 Å². The third-order valence-electron chi connectivity index (χ3n) is 2.22. The molecular weight excluding hydrogens is 320 g/mol. The first-order chi connectivity index (χ1) is 8.65. The van der Waals surface area contributed by atoms with Gasteiger partial charge in [-0.1, -0.05) is 32.7 Å². The largest absolute Gasteiger partial charge is 0.350 e. The first-order valence-corrected chi connectivity index (χ1v) is 6.40. The predicted octanol–water partition coefficient (Wildman–Crippen LogP) is 2.12. The van der Waals surface area contributed by atoms with Crippen molar-refractivity contribution < 1.29 is 4.79 Å². The minimum Gasteiger partial charge on any atom is -0.350 e. The zero-order valence-corrected chi connectivity index (χ0v) is 11.6. The summed E-state index contributed by atoms with van der Waals surface area (Å²) >= 11 is 9.17. The Labute approximate surface area is 117 Å². The van der Waals surface area contributed by atoms with Crippen molar-refractivity contribution in [2.45, 2.75) is 6.54 Å². The van der Waals surface area contributed by atoms with Crippen molar-refractivity contribution in [3.8, 4) is 0 Å². The van der Waals surface area contributed by atoms with Gasteiger partial charge in [-0.3, -0.25) is 9.48 Å². The molecule has 1 aromatic carbocycles. The van der Waals surface area contributed by atoms with Crippen LogP contribution in [-0.4, -0.2) is 27.4 Å².